The molecule has 96 valence electrons. The molecule has 0 heterocycles. The first-order valence-corrected chi connectivity index (χ1v) is 8.15. The van der Waals surface area contributed by atoms with Gasteiger partial charge in [0.2, 0.25) is 0 Å². The van der Waals surface area contributed by atoms with E-state index in [9.17, 15) is 14.0 Å². The summed E-state index contributed by atoms with van der Waals surface area (Å²) in [6.45, 7) is 6.28. The maximum Gasteiger partial charge on any atom is 0.328 e. The van der Waals surface area contributed by atoms with Gasteiger partial charge in [0.05, 0.1) is 18.9 Å². The Balaban J connectivity index is 4.51. The summed E-state index contributed by atoms with van der Waals surface area (Å²) in [4.78, 5) is 27.0. The summed E-state index contributed by atoms with van der Waals surface area (Å²) >= 11 is 0. The summed E-state index contributed by atoms with van der Waals surface area (Å²) in [5.74, 6) is 0. The van der Waals surface area contributed by atoms with Crippen molar-refractivity contribution < 1.29 is 28.3 Å². The summed E-state index contributed by atoms with van der Waals surface area (Å²) < 4.78 is 27.0. The average molecular weight is 272 g/mol. The van der Waals surface area contributed by atoms with Crippen LogP contribution in [-0.2, 0) is 13.7 Å². The zero-order valence-corrected chi connectivity index (χ0v) is 11.2. The third-order valence-corrected chi connectivity index (χ3v) is 4.73. The second-order valence-electron chi connectivity index (χ2n) is 4.37. The molecule has 0 fully saturated rings. The molecule has 1 atom stereocenters. The van der Waals surface area contributed by atoms with E-state index >= 15 is 0 Å². The Labute approximate surface area is 95.0 Å². The van der Waals surface area contributed by atoms with Crippen molar-refractivity contribution in [2.75, 3.05) is 18.9 Å². The van der Waals surface area contributed by atoms with E-state index < -0.39 is 26.8 Å². The van der Waals surface area contributed by atoms with Crippen molar-refractivity contribution in [1.29, 1.82) is 0 Å². The predicted octanol–water partition coefficient (Wildman–Crippen LogP) is 1.58. The lowest BCUT2D eigenvalue weighted by Crippen LogP contribution is -2.22. The van der Waals surface area contributed by atoms with Gasteiger partial charge < -0.3 is 19.2 Å². The molecule has 0 saturated heterocycles. The van der Waals surface area contributed by atoms with Crippen LogP contribution in [0.3, 0.4) is 0 Å². The van der Waals surface area contributed by atoms with E-state index in [1.165, 1.54) is 19.9 Å². The summed E-state index contributed by atoms with van der Waals surface area (Å²) in [5, 5.41) is 0. The van der Waals surface area contributed by atoms with Crippen molar-refractivity contribution in [1.82, 2.24) is 0 Å². The quantitative estimate of drug-likeness (QED) is 0.480. The maximum absolute atomic E-state index is 11.5. The lowest BCUT2D eigenvalue weighted by Gasteiger charge is -2.26. The molecule has 0 aliphatic carbocycles. The highest BCUT2D eigenvalue weighted by atomic mass is 31.2. The first-order chi connectivity index (χ1) is 6.97. The monoisotopic (exact) mass is 272 g/mol. The fraction of sp³-hybridized carbons (Fsp3) is 0.750. The Kier molecular flexibility index (Phi) is 5.60. The molecular weight excluding hydrogens is 254 g/mol. The van der Waals surface area contributed by atoms with Gasteiger partial charge in [-0.1, -0.05) is 19.9 Å². The van der Waals surface area contributed by atoms with Gasteiger partial charge in [-0.05, 0) is 5.41 Å². The van der Waals surface area contributed by atoms with Gasteiger partial charge in [0.25, 0.3) is 0 Å². The molecule has 0 bridgehead atoms. The standard InChI is InChI=1S/C8H18O6P2/c1-4-5-14-16(12,13)7-8(2,3)6-15(9,10)11/h4H,1,5-7H2,2-3H3,(H,12,13)(H2,9,10,11). The minimum Gasteiger partial charge on any atom is -0.324 e. The van der Waals surface area contributed by atoms with Gasteiger partial charge in [0.15, 0.2) is 0 Å². The fourth-order valence-corrected chi connectivity index (χ4v) is 4.39. The summed E-state index contributed by atoms with van der Waals surface area (Å²) in [7, 11) is -8.04. The van der Waals surface area contributed by atoms with Crippen molar-refractivity contribution >= 4 is 15.2 Å². The van der Waals surface area contributed by atoms with Crippen LogP contribution in [0, 0.1) is 5.41 Å². The van der Waals surface area contributed by atoms with Crippen LogP contribution in [0.15, 0.2) is 12.7 Å². The number of hydrogen-bond donors (Lipinski definition) is 3. The van der Waals surface area contributed by atoms with Gasteiger partial charge in [-0.15, -0.1) is 6.58 Å². The summed E-state index contributed by atoms with van der Waals surface area (Å²) in [5.41, 5.74) is -0.968. The number of hydrogen-bond acceptors (Lipinski definition) is 3. The molecule has 1 unspecified atom stereocenters. The van der Waals surface area contributed by atoms with Crippen LogP contribution >= 0.6 is 15.2 Å². The molecule has 0 aromatic heterocycles. The molecule has 0 radical (unpaired) electrons. The Morgan fingerprint density at radius 3 is 2.12 bits per heavy atom. The van der Waals surface area contributed by atoms with Crippen LogP contribution in [0.25, 0.3) is 0 Å². The topological polar surface area (TPSA) is 104 Å². The first-order valence-electron chi connectivity index (χ1n) is 4.59. The van der Waals surface area contributed by atoms with E-state index in [1.54, 1.807) is 0 Å². The molecule has 3 N–H and O–H groups in total. The van der Waals surface area contributed by atoms with E-state index in [2.05, 4.69) is 11.1 Å². The van der Waals surface area contributed by atoms with Crippen molar-refractivity contribution in [3.63, 3.8) is 0 Å². The molecule has 0 amide bonds. The highest BCUT2D eigenvalue weighted by Crippen LogP contribution is 2.51. The predicted molar refractivity (Wildman–Crippen MR) is 61.5 cm³/mol. The van der Waals surface area contributed by atoms with Crippen LogP contribution in [0.1, 0.15) is 13.8 Å². The van der Waals surface area contributed by atoms with Crippen LogP contribution in [0.2, 0.25) is 0 Å². The molecule has 0 rings (SSSR count). The van der Waals surface area contributed by atoms with Crippen LogP contribution < -0.4 is 0 Å². The lowest BCUT2D eigenvalue weighted by atomic mass is 10.0. The normalized spacial score (nSPS) is 16.8. The van der Waals surface area contributed by atoms with Gasteiger partial charge in [-0.2, -0.15) is 0 Å². The van der Waals surface area contributed by atoms with E-state index in [4.69, 9.17) is 9.79 Å². The van der Waals surface area contributed by atoms with Crippen LogP contribution in [0.5, 0.6) is 0 Å². The van der Waals surface area contributed by atoms with E-state index in [-0.39, 0.29) is 12.8 Å². The van der Waals surface area contributed by atoms with Gasteiger partial charge in [0, 0.05) is 0 Å². The lowest BCUT2D eigenvalue weighted by molar-refractivity contribution is 0.270. The highest BCUT2D eigenvalue weighted by molar-refractivity contribution is 7.53. The second kappa shape index (κ2) is 5.58. The SMILES string of the molecule is C=CCOP(=O)(O)CC(C)(C)CP(=O)(O)O. The van der Waals surface area contributed by atoms with Crippen molar-refractivity contribution in [3.05, 3.63) is 12.7 Å². The summed E-state index contributed by atoms with van der Waals surface area (Å²) in [6.07, 6.45) is 0.569. The third kappa shape index (κ3) is 8.22. The Morgan fingerprint density at radius 1 is 1.25 bits per heavy atom. The Hall–Kier alpha value is 0.0400. The Morgan fingerprint density at radius 2 is 1.75 bits per heavy atom. The molecule has 0 aliphatic rings. The molecule has 0 spiro atoms. The van der Waals surface area contributed by atoms with Crippen molar-refractivity contribution in [3.8, 4) is 0 Å². The van der Waals surface area contributed by atoms with Crippen molar-refractivity contribution in [2.24, 2.45) is 5.41 Å². The Bertz CT molecular complexity index is 331. The van der Waals surface area contributed by atoms with E-state index in [0.29, 0.717) is 0 Å². The van der Waals surface area contributed by atoms with E-state index in [1.807, 2.05) is 0 Å². The van der Waals surface area contributed by atoms with Gasteiger partial charge in [-0.25, -0.2) is 0 Å². The largest absolute Gasteiger partial charge is 0.328 e. The second-order valence-corrected chi connectivity index (χ2v) is 7.86. The molecule has 8 heteroatoms. The minimum atomic E-state index is -4.21. The van der Waals surface area contributed by atoms with E-state index in [0.717, 1.165) is 0 Å². The molecular formula is C8H18O6P2. The average Bonchev–Trinajstić information content (AvgIpc) is 1.93. The zero-order valence-electron chi connectivity index (χ0n) is 9.37. The molecule has 6 nitrogen and oxygen atoms in total. The minimum absolute atomic E-state index is 0.0697. The van der Waals surface area contributed by atoms with Crippen molar-refractivity contribution in [2.45, 2.75) is 13.8 Å². The van der Waals surface area contributed by atoms with Crippen LogP contribution in [0.4, 0.5) is 0 Å². The highest BCUT2D eigenvalue weighted by Gasteiger charge is 2.35. The molecule has 0 aliphatic heterocycles. The zero-order chi connectivity index (χ0) is 13.0. The first kappa shape index (κ1) is 16.0. The molecule has 0 aromatic carbocycles. The molecule has 16 heavy (non-hydrogen) atoms. The van der Waals surface area contributed by atoms with Crippen LogP contribution in [-0.4, -0.2) is 33.6 Å². The number of rotatable bonds is 7. The smallest absolute Gasteiger partial charge is 0.324 e. The van der Waals surface area contributed by atoms with Gasteiger partial charge in [-0.3, -0.25) is 9.13 Å². The molecule has 0 aromatic rings. The maximum atomic E-state index is 11.5. The van der Waals surface area contributed by atoms with Gasteiger partial charge in [0.1, 0.15) is 0 Å². The summed E-state index contributed by atoms with van der Waals surface area (Å²) in [6, 6.07) is 0. The van der Waals surface area contributed by atoms with Gasteiger partial charge >= 0.3 is 15.2 Å². The fourth-order valence-electron chi connectivity index (χ4n) is 1.36. The molecule has 0 saturated carbocycles. The third-order valence-electron chi connectivity index (χ3n) is 1.66.